The summed E-state index contributed by atoms with van der Waals surface area (Å²) in [5, 5.41) is 5.19. The number of benzene rings is 1. The zero-order valence-corrected chi connectivity index (χ0v) is 15.0. The van der Waals surface area contributed by atoms with Crippen molar-refractivity contribution < 1.29 is 4.39 Å². The van der Waals surface area contributed by atoms with Gasteiger partial charge < -0.3 is 4.57 Å². The van der Waals surface area contributed by atoms with Crippen molar-refractivity contribution in [3.05, 3.63) is 64.6 Å². The molecule has 1 saturated carbocycles. The molecule has 1 aliphatic rings. The lowest BCUT2D eigenvalue weighted by molar-refractivity contribution is 0.505. The van der Waals surface area contributed by atoms with Crippen molar-refractivity contribution in [2.75, 3.05) is 0 Å². The third kappa shape index (κ3) is 2.47. The van der Waals surface area contributed by atoms with Crippen molar-refractivity contribution >= 4 is 16.6 Å². The highest BCUT2D eigenvalue weighted by Gasteiger charge is 2.20. The van der Waals surface area contributed by atoms with Gasteiger partial charge in [0.05, 0.1) is 16.6 Å². The van der Waals surface area contributed by atoms with E-state index in [2.05, 4.69) is 10.1 Å². The first-order chi connectivity index (χ1) is 13.1. The van der Waals surface area contributed by atoms with Crippen LogP contribution in [0.1, 0.15) is 37.4 Å². The Hall–Kier alpha value is -3.02. The molecule has 136 valence electrons. The summed E-state index contributed by atoms with van der Waals surface area (Å²) in [6.45, 7) is 1.90. The molecular formula is C21H19FN4O. The molecule has 1 aliphatic carbocycles. The fourth-order valence-corrected chi connectivity index (χ4v) is 4.22. The van der Waals surface area contributed by atoms with Gasteiger partial charge in [0.25, 0.3) is 5.56 Å². The van der Waals surface area contributed by atoms with E-state index in [9.17, 15) is 9.18 Å². The van der Waals surface area contributed by atoms with Crippen LogP contribution >= 0.6 is 0 Å². The third-order valence-electron chi connectivity index (χ3n) is 5.57. The molecule has 0 atom stereocenters. The summed E-state index contributed by atoms with van der Waals surface area (Å²) in [7, 11) is 0. The van der Waals surface area contributed by atoms with Gasteiger partial charge in [-0.15, -0.1) is 0 Å². The minimum absolute atomic E-state index is 0.00900. The predicted octanol–water partition coefficient (Wildman–Crippen LogP) is 4.27. The lowest BCUT2D eigenvalue weighted by Gasteiger charge is -2.14. The van der Waals surface area contributed by atoms with Crippen LogP contribution in [0.3, 0.4) is 0 Å². The highest BCUT2D eigenvalue weighted by molar-refractivity contribution is 5.86. The van der Waals surface area contributed by atoms with Gasteiger partial charge in [0, 0.05) is 24.0 Å². The Morgan fingerprint density at radius 3 is 2.59 bits per heavy atom. The van der Waals surface area contributed by atoms with Crippen LogP contribution in [-0.2, 0) is 0 Å². The van der Waals surface area contributed by atoms with Crippen LogP contribution in [0.15, 0.2) is 47.5 Å². The first kappa shape index (κ1) is 16.2. The number of fused-ring (bicyclic) bond motifs is 3. The van der Waals surface area contributed by atoms with Gasteiger partial charge in [-0.2, -0.15) is 5.10 Å². The lowest BCUT2D eigenvalue weighted by Crippen LogP contribution is -2.23. The molecule has 0 saturated heterocycles. The summed E-state index contributed by atoms with van der Waals surface area (Å²) in [6.07, 6.45) is 7.98. The monoisotopic (exact) mass is 362 g/mol. The first-order valence-electron chi connectivity index (χ1n) is 9.28. The van der Waals surface area contributed by atoms with Crippen LogP contribution in [-0.4, -0.2) is 19.2 Å². The normalized spacial score (nSPS) is 15.2. The number of hydrogen-bond donors (Lipinski definition) is 0. The molecule has 4 aromatic rings. The van der Waals surface area contributed by atoms with Gasteiger partial charge >= 0.3 is 0 Å². The summed E-state index contributed by atoms with van der Waals surface area (Å²) < 4.78 is 16.9. The zero-order valence-electron chi connectivity index (χ0n) is 15.0. The van der Waals surface area contributed by atoms with Crippen molar-refractivity contribution in [3.63, 3.8) is 0 Å². The number of aromatic nitrogens is 4. The Morgan fingerprint density at radius 2 is 1.85 bits per heavy atom. The maximum atomic E-state index is 13.3. The molecule has 0 bridgehead atoms. The second-order valence-corrected chi connectivity index (χ2v) is 7.23. The molecule has 0 unspecified atom stereocenters. The van der Waals surface area contributed by atoms with E-state index in [4.69, 9.17) is 0 Å². The van der Waals surface area contributed by atoms with E-state index >= 15 is 0 Å². The van der Waals surface area contributed by atoms with Crippen molar-refractivity contribution in [2.45, 2.75) is 38.6 Å². The Kier molecular flexibility index (Phi) is 3.60. The van der Waals surface area contributed by atoms with Crippen LogP contribution in [0.2, 0.25) is 0 Å². The van der Waals surface area contributed by atoms with E-state index in [0.29, 0.717) is 11.0 Å². The summed E-state index contributed by atoms with van der Waals surface area (Å²) >= 11 is 0. The van der Waals surface area contributed by atoms with Gasteiger partial charge in [0.2, 0.25) is 0 Å². The van der Waals surface area contributed by atoms with E-state index in [-0.39, 0.29) is 17.4 Å². The van der Waals surface area contributed by atoms with E-state index in [1.54, 1.807) is 22.8 Å². The molecule has 5 rings (SSSR count). The summed E-state index contributed by atoms with van der Waals surface area (Å²) in [5.41, 5.74) is 3.92. The number of nitrogens with zero attached hydrogens (tertiary/aromatic N) is 4. The SMILES string of the molecule is Cc1nn2c(ncc3c(=O)n(C4CCCC4)ccc32)c1-c1ccc(F)cc1. The van der Waals surface area contributed by atoms with Crippen LogP contribution in [0.5, 0.6) is 0 Å². The molecule has 0 amide bonds. The van der Waals surface area contributed by atoms with Crippen LogP contribution in [0.25, 0.3) is 27.7 Å². The molecule has 0 spiro atoms. The largest absolute Gasteiger partial charge is 0.312 e. The number of rotatable bonds is 2. The highest BCUT2D eigenvalue weighted by Crippen LogP contribution is 2.30. The van der Waals surface area contributed by atoms with Crippen molar-refractivity contribution in [2.24, 2.45) is 0 Å². The minimum Gasteiger partial charge on any atom is -0.312 e. The van der Waals surface area contributed by atoms with Gasteiger partial charge in [0.1, 0.15) is 5.82 Å². The zero-order chi connectivity index (χ0) is 18.5. The molecule has 1 aromatic carbocycles. The van der Waals surface area contributed by atoms with Gasteiger partial charge in [0.15, 0.2) is 5.65 Å². The fraction of sp³-hybridized carbons (Fsp3) is 0.286. The second kappa shape index (κ2) is 6.01. The summed E-state index contributed by atoms with van der Waals surface area (Å²) in [6, 6.07) is 8.54. The topological polar surface area (TPSA) is 52.2 Å². The standard InChI is InChI=1S/C21H19FN4O/c1-13-19(14-6-8-15(22)9-7-14)20-23-12-17-18(26(20)24-13)10-11-25(21(17)27)16-4-2-3-5-16/h6-12,16H,2-5H2,1H3. The highest BCUT2D eigenvalue weighted by atomic mass is 19.1. The number of pyridine rings is 1. The van der Waals surface area contributed by atoms with Gasteiger partial charge in [-0.1, -0.05) is 25.0 Å². The third-order valence-corrected chi connectivity index (χ3v) is 5.57. The molecule has 5 nitrogen and oxygen atoms in total. The van der Waals surface area contributed by atoms with E-state index < -0.39 is 0 Å². The van der Waals surface area contributed by atoms with Crippen molar-refractivity contribution in [1.82, 2.24) is 19.2 Å². The average Bonchev–Trinajstić information content (AvgIpc) is 3.30. The van der Waals surface area contributed by atoms with Crippen LogP contribution in [0.4, 0.5) is 4.39 Å². The molecule has 3 heterocycles. The van der Waals surface area contributed by atoms with E-state index in [0.717, 1.165) is 35.2 Å². The Balaban J connectivity index is 1.74. The molecular weight excluding hydrogens is 343 g/mol. The molecule has 6 heteroatoms. The molecule has 1 fully saturated rings. The van der Waals surface area contributed by atoms with E-state index in [1.165, 1.54) is 25.0 Å². The molecule has 3 aromatic heterocycles. The molecule has 27 heavy (non-hydrogen) atoms. The Bertz CT molecular complexity index is 1220. The summed E-state index contributed by atoms with van der Waals surface area (Å²) in [5.74, 6) is -0.279. The lowest BCUT2D eigenvalue weighted by atomic mass is 10.1. The van der Waals surface area contributed by atoms with Crippen LogP contribution < -0.4 is 5.56 Å². The first-order valence-corrected chi connectivity index (χ1v) is 9.28. The predicted molar refractivity (Wildman–Crippen MR) is 102 cm³/mol. The van der Waals surface area contributed by atoms with E-state index in [1.807, 2.05) is 23.8 Å². The minimum atomic E-state index is -0.279. The smallest absolute Gasteiger partial charge is 0.261 e. The van der Waals surface area contributed by atoms with Crippen LogP contribution in [0, 0.1) is 12.7 Å². The van der Waals surface area contributed by atoms with Gasteiger partial charge in [-0.3, -0.25) is 4.79 Å². The number of hydrogen-bond acceptors (Lipinski definition) is 3. The van der Waals surface area contributed by atoms with Gasteiger partial charge in [-0.25, -0.2) is 13.9 Å². The van der Waals surface area contributed by atoms with Crippen molar-refractivity contribution in [1.29, 1.82) is 0 Å². The Morgan fingerprint density at radius 1 is 1.11 bits per heavy atom. The van der Waals surface area contributed by atoms with Gasteiger partial charge in [-0.05, 0) is 43.5 Å². The fourth-order valence-electron chi connectivity index (χ4n) is 4.22. The maximum absolute atomic E-state index is 13.3. The molecule has 0 N–H and O–H groups in total. The molecule has 0 aliphatic heterocycles. The summed E-state index contributed by atoms with van der Waals surface area (Å²) in [4.78, 5) is 17.5. The quantitative estimate of drug-likeness (QED) is 0.535. The van der Waals surface area contributed by atoms with Crippen molar-refractivity contribution in [3.8, 4) is 11.1 Å². The second-order valence-electron chi connectivity index (χ2n) is 7.23. The number of aryl methyl sites for hydroxylation is 1. The molecule has 0 radical (unpaired) electrons. The maximum Gasteiger partial charge on any atom is 0.261 e. The number of halogens is 1. The average molecular weight is 362 g/mol. The Labute approximate surface area is 155 Å².